The van der Waals surface area contributed by atoms with Gasteiger partial charge < -0.3 is 14.4 Å². The molecule has 5 heteroatoms. The number of nitrogens with zero attached hydrogens (tertiary/aromatic N) is 2. The summed E-state index contributed by atoms with van der Waals surface area (Å²) >= 11 is 0. The third kappa shape index (κ3) is 3.15. The second-order valence-electron chi connectivity index (χ2n) is 6.23. The highest BCUT2D eigenvalue weighted by Crippen LogP contribution is 2.37. The number of hydrogen-bond donors (Lipinski definition) is 0. The minimum absolute atomic E-state index is 0.0258. The molecule has 5 nitrogen and oxygen atoms in total. The fourth-order valence-corrected chi connectivity index (χ4v) is 3.44. The molecule has 2 saturated heterocycles. The lowest BCUT2D eigenvalue weighted by molar-refractivity contribution is -0.0408. The molecule has 1 amide bonds. The Morgan fingerprint density at radius 3 is 2.91 bits per heavy atom. The van der Waals surface area contributed by atoms with Crippen molar-refractivity contribution in [3.63, 3.8) is 0 Å². The van der Waals surface area contributed by atoms with Crippen LogP contribution >= 0.6 is 0 Å². The molecular formula is C17H24N2O3. The molecule has 1 aromatic rings. The van der Waals surface area contributed by atoms with Gasteiger partial charge in [-0.05, 0) is 38.8 Å². The topological polar surface area (TPSA) is 51.7 Å². The predicted molar refractivity (Wildman–Crippen MR) is 82.8 cm³/mol. The fraction of sp³-hybridized carbons (Fsp3) is 0.647. The quantitative estimate of drug-likeness (QED) is 0.859. The van der Waals surface area contributed by atoms with Gasteiger partial charge >= 0.3 is 0 Å². The summed E-state index contributed by atoms with van der Waals surface area (Å²) in [5.74, 6) is 0.0258. The lowest BCUT2D eigenvalue weighted by Gasteiger charge is -2.38. The number of aromatic nitrogens is 1. The van der Waals surface area contributed by atoms with Gasteiger partial charge in [-0.15, -0.1) is 0 Å². The molecule has 2 aliphatic heterocycles. The molecule has 1 spiro atoms. The Morgan fingerprint density at radius 2 is 2.23 bits per heavy atom. The monoisotopic (exact) mass is 304 g/mol. The zero-order chi connectivity index (χ0) is 15.6. The van der Waals surface area contributed by atoms with Crippen LogP contribution in [0.4, 0.5) is 0 Å². The van der Waals surface area contributed by atoms with Crippen LogP contribution in [0, 0.1) is 6.92 Å². The van der Waals surface area contributed by atoms with E-state index in [2.05, 4.69) is 4.98 Å². The average Bonchev–Trinajstić information content (AvgIpc) is 2.90. The highest BCUT2D eigenvalue weighted by atomic mass is 16.6. The summed E-state index contributed by atoms with van der Waals surface area (Å²) in [4.78, 5) is 18.7. The van der Waals surface area contributed by atoms with Gasteiger partial charge in [-0.1, -0.05) is 6.07 Å². The zero-order valence-electron chi connectivity index (χ0n) is 13.4. The largest absolute Gasteiger partial charge is 0.376 e. The summed E-state index contributed by atoms with van der Waals surface area (Å²) in [6.45, 7) is 6.79. The molecular weight excluding hydrogens is 280 g/mol. The number of carbonyl (C=O) groups is 1. The fourth-order valence-electron chi connectivity index (χ4n) is 3.44. The van der Waals surface area contributed by atoms with Crippen LogP contribution in [-0.4, -0.2) is 53.8 Å². The van der Waals surface area contributed by atoms with E-state index in [0.29, 0.717) is 12.3 Å². The molecule has 0 saturated carbocycles. The van der Waals surface area contributed by atoms with Crippen molar-refractivity contribution in [2.45, 2.75) is 44.8 Å². The molecule has 2 aliphatic rings. The minimum Gasteiger partial charge on any atom is -0.376 e. The van der Waals surface area contributed by atoms with E-state index in [1.54, 1.807) is 6.07 Å². The van der Waals surface area contributed by atoms with E-state index < -0.39 is 0 Å². The van der Waals surface area contributed by atoms with Gasteiger partial charge in [-0.3, -0.25) is 4.79 Å². The summed E-state index contributed by atoms with van der Waals surface area (Å²) in [6.07, 6.45) is 2.93. The number of likely N-dealkylation sites (tertiary alicyclic amines) is 1. The molecule has 0 aromatic carbocycles. The van der Waals surface area contributed by atoms with Crippen LogP contribution in [0.3, 0.4) is 0 Å². The standard InChI is InChI=1S/C17H24N2O3/c1-3-21-14-11-17(22-12-14)7-9-19(10-8-17)16(20)15-6-4-5-13(2)18-15/h4-6,14H,3,7-12H2,1-2H3/t14-/m0/s1. The van der Waals surface area contributed by atoms with Crippen molar-refractivity contribution in [1.82, 2.24) is 9.88 Å². The molecule has 22 heavy (non-hydrogen) atoms. The number of pyridine rings is 1. The second-order valence-corrected chi connectivity index (χ2v) is 6.23. The SMILES string of the molecule is CCO[C@@H]1COC2(CCN(C(=O)c3cccc(C)n3)CC2)C1. The van der Waals surface area contributed by atoms with Crippen molar-refractivity contribution >= 4 is 5.91 Å². The summed E-state index contributed by atoms with van der Waals surface area (Å²) in [7, 11) is 0. The van der Waals surface area contributed by atoms with Crippen LogP contribution in [0.15, 0.2) is 18.2 Å². The molecule has 0 N–H and O–H groups in total. The van der Waals surface area contributed by atoms with Gasteiger partial charge in [-0.25, -0.2) is 4.98 Å². The number of ether oxygens (including phenoxy) is 2. The summed E-state index contributed by atoms with van der Waals surface area (Å²) in [5, 5.41) is 0. The maximum absolute atomic E-state index is 12.5. The average molecular weight is 304 g/mol. The normalized spacial score (nSPS) is 23.9. The number of piperidine rings is 1. The van der Waals surface area contributed by atoms with Crippen molar-refractivity contribution in [3.8, 4) is 0 Å². The van der Waals surface area contributed by atoms with Crippen LogP contribution in [0.5, 0.6) is 0 Å². The molecule has 0 unspecified atom stereocenters. The highest BCUT2D eigenvalue weighted by Gasteiger charge is 2.43. The predicted octanol–water partition coefficient (Wildman–Crippen LogP) is 2.19. The molecule has 0 aliphatic carbocycles. The van der Waals surface area contributed by atoms with Gasteiger partial charge in [0.25, 0.3) is 5.91 Å². The third-order valence-electron chi connectivity index (χ3n) is 4.65. The van der Waals surface area contributed by atoms with Crippen molar-refractivity contribution in [3.05, 3.63) is 29.6 Å². The Kier molecular flexibility index (Phi) is 4.45. The van der Waals surface area contributed by atoms with Gasteiger partial charge in [-0.2, -0.15) is 0 Å². The van der Waals surface area contributed by atoms with Gasteiger partial charge in [0.2, 0.25) is 0 Å². The van der Waals surface area contributed by atoms with Gasteiger partial charge in [0.15, 0.2) is 0 Å². The molecule has 1 aromatic heterocycles. The molecule has 3 heterocycles. The number of rotatable bonds is 3. The van der Waals surface area contributed by atoms with Gasteiger partial charge in [0.1, 0.15) is 5.69 Å². The van der Waals surface area contributed by atoms with Crippen molar-refractivity contribution in [2.24, 2.45) is 0 Å². The lowest BCUT2D eigenvalue weighted by Crippen LogP contribution is -2.46. The number of carbonyl (C=O) groups excluding carboxylic acids is 1. The van der Waals surface area contributed by atoms with Gasteiger partial charge in [0, 0.05) is 31.8 Å². The Bertz CT molecular complexity index is 538. The number of amides is 1. The zero-order valence-corrected chi connectivity index (χ0v) is 13.4. The molecule has 3 rings (SSSR count). The highest BCUT2D eigenvalue weighted by molar-refractivity contribution is 5.92. The van der Waals surface area contributed by atoms with E-state index in [-0.39, 0.29) is 17.6 Å². The van der Waals surface area contributed by atoms with Crippen LogP contribution < -0.4 is 0 Å². The maximum Gasteiger partial charge on any atom is 0.272 e. The van der Waals surface area contributed by atoms with Crippen LogP contribution in [-0.2, 0) is 9.47 Å². The molecule has 120 valence electrons. The Labute approximate surface area is 131 Å². The Morgan fingerprint density at radius 1 is 1.45 bits per heavy atom. The van der Waals surface area contributed by atoms with E-state index in [9.17, 15) is 4.79 Å². The van der Waals surface area contributed by atoms with Crippen molar-refractivity contribution < 1.29 is 14.3 Å². The molecule has 2 fully saturated rings. The third-order valence-corrected chi connectivity index (χ3v) is 4.65. The van der Waals surface area contributed by atoms with E-state index in [1.807, 2.05) is 30.9 Å². The number of aryl methyl sites for hydroxylation is 1. The lowest BCUT2D eigenvalue weighted by atomic mass is 9.88. The van der Waals surface area contributed by atoms with E-state index in [4.69, 9.17) is 9.47 Å². The smallest absolute Gasteiger partial charge is 0.272 e. The Hall–Kier alpha value is -1.46. The first kappa shape index (κ1) is 15.4. The first-order valence-electron chi connectivity index (χ1n) is 8.10. The van der Waals surface area contributed by atoms with Crippen LogP contribution in [0.2, 0.25) is 0 Å². The minimum atomic E-state index is -0.0867. The first-order valence-corrected chi connectivity index (χ1v) is 8.10. The second kappa shape index (κ2) is 6.34. The van der Waals surface area contributed by atoms with Crippen LogP contribution in [0.25, 0.3) is 0 Å². The van der Waals surface area contributed by atoms with E-state index in [0.717, 1.165) is 44.7 Å². The van der Waals surface area contributed by atoms with Crippen LogP contribution in [0.1, 0.15) is 42.4 Å². The number of hydrogen-bond acceptors (Lipinski definition) is 4. The van der Waals surface area contributed by atoms with Crippen molar-refractivity contribution in [1.29, 1.82) is 0 Å². The first-order chi connectivity index (χ1) is 10.6. The van der Waals surface area contributed by atoms with E-state index >= 15 is 0 Å². The molecule has 1 atom stereocenters. The maximum atomic E-state index is 12.5. The van der Waals surface area contributed by atoms with Crippen molar-refractivity contribution in [2.75, 3.05) is 26.3 Å². The molecule has 0 radical (unpaired) electrons. The Balaban J connectivity index is 1.59. The van der Waals surface area contributed by atoms with E-state index in [1.165, 1.54) is 0 Å². The van der Waals surface area contributed by atoms with Gasteiger partial charge in [0.05, 0.1) is 18.3 Å². The summed E-state index contributed by atoms with van der Waals surface area (Å²) < 4.78 is 11.7. The molecule has 0 bridgehead atoms. The summed E-state index contributed by atoms with van der Waals surface area (Å²) in [6, 6.07) is 5.58. The summed E-state index contributed by atoms with van der Waals surface area (Å²) in [5.41, 5.74) is 1.32.